The molecule has 1 amide bonds. The number of hydrogen-bond acceptors (Lipinski definition) is 8. The number of ether oxygens (including phenoxy) is 3. The Morgan fingerprint density at radius 3 is 2.62 bits per heavy atom. The molecular formula is C36H43FN4O5S. The van der Waals surface area contributed by atoms with Gasteiger partial charge in [0, 0.05) is 29.9 Å². The molecule has 1 unspecified atom stereocenters. The summed E-state index contributed by atoms with van der Waals surface area (Å²) in [7, 11) is 0. The number of hydrogen-bond donors (Lipinski definition) is 1. The Labute approximate surface area is 279 Å². The van der Waals surface area contributed by atoms with Crippen LogP contribution in [0.4, 0.5) is 4.39 Å². The number of carbonyl (C=O) groups excluding carboxylic acids is 2. The van der Waals surface area contributed by atoms with Crippen LogP contribution in [0.3, 0.4) is 0 Å². The van der Waals surface area contributed by atoms with E-state index in [0.717, 1.165) is 73.5 Å². The van der Waals surface area contributed by atoms with E-state index in [1.807, 2.05) is 53.4 Å². The highest BCUT2D eigenvalue weighted by Crippen LogP contribution is 2.28. The normalized spacial score (nSPS) is 19.4. The van der Waals surface area contributed by atoms with Crippen LogP contribution < -0.4 is 10.1 Å². The molecule has 2 aromatic carbocycles. The Kier molecular flexibility index (Phi) is 12.4. The van der Waals surface area contributed by atoms with E-state index in [1.165, 1.54) is 6.07 Å². The average Bonchev–Trinajstić information content (AvgIpc) is 3.46. The maximum Gasteiger partial charge on any atom is 0.257 e. The molecule has 11 heteroatoms. The van der Waals surface area contributed by atoms with Gasteiger partial charge in [0.05, 0.1) is 24.9 Å². The van der Waals surface area contributed by atoms with Crippen molar-refractivity contribution in [3.05, 3.63) is 77.9 Å². The number of benzene rings is 2. The summed E-state index contributed by atoms with van der Waals surface area (Å²) in [5.41, 5.74) is 1.62. The second kappa shape index (κ2) is 16.9. The SMILES string of the molecule is CC(=O)c1nn(CCOC2CCCCO2)c2ccccc12.CSc1cccc(Oc2ncc(F)cc2C(=O)NC2CCC(C)CC2)c1. The number of nitrogens with one attached hydrogen (secondary N) is 1. The second-order valence-corrected chi connectivity index (χ2v) is 12.9. The summed E-state index contributed by atoms with van der Waals surface area (Å²) in [6, 6.07) is 16.6. The standard InChI is InChI=1S/C20H23FN2O2S.C16H20N2O3/c1-13-6-8-15(9-7-13)23-19(24)18-10-14(21)12-22-20(18)25-16-4-3-5-17(11-16)26-2;1-12(19)16-13-6-2-3-7-14(13)18(17-16)9-11-21-15-8-4-5-10-20-15/h3-5,10-13,15H,6-9H2,1-2H3,(H,23,24);2-3,6-7,15H,4-5,8-11H2,1H3. The number of thioether (sulfide) groups is 1. The Morgan fingerprint density at radius 2 is 1.87 bits per heavy atom. The number of Topliss-reactive ketones (excluding diaryl/α,β-unsaturated/α-hetero) is 1. The molecule has 1 atom stereocenters. The van der Waals surface area contributed by atoms with E-state index >= 15 is 0 Å². The van der Waals surface area contributed by atoms with Crippen LogP contribution in [-0.4, -0.2) is 58.3 Å². The molecule has 4 aromatic rings. The lowest BCUT2D eigenvalue weighted by molar-refractivity contribution is -0.163. The van der Waals surface area contributed by atoms with Gasteiger partial charge >= 0.3 is 0 Å². The Balaban J connectivity index is 0.000000189. The molecular weight excluding hydrogens is 619 g/mol. The van der Waals surface area contributed by atoms with Gasteiger partial charge < -0.3 is 19.5 Å². The molecule has 250 valence electrons. The number of para-hydroxylation sites is 1. The lowest BCUT2D eigenvalue weighted by Gasteiger charge is -2.27. The quantitative estimate of drug-likeness (QED) is 0.135. The minimum atomic E-state index is -0.558. The van der Waals surface area contributed by atoms with Crippen molar-refractivity contribution in [2.75, 3.05) is 19.5 Å². The van der Waals surface area contributed by atoms with Crippen molar-refractivity contribution < 1.29 is 28.2 Å². The summed E-state index contributed by atoms with van der Waals surface area (Å²) in [6.07, 6.45) is 10.3. The number of aromatic nitrogens is 3. The molecule has 0 spiro atoms. The molecule has 2 fully saturated rings. The van der Waals surface area contributed by atoms with E-state index in [0.29, 0.717) is 30.5 Å². The van der Waals surface area contributed by atoms with Crippen LogP contribution in [0.1, 0.15) is 79.6 Å². The lowest BCUT2D eigenvalue weighted by Crippen LogP contribution is -2.37. The third kappa shape index (κ3) is 9.62. The number of ketones is 1. The Bertz CT molecular complexity index is 1650. The molecule has 1 saturated carbocycles. The van der Waals surface area contributed by atoms with E-state index in [4.69, 9.17) is 14.2 Å². The van der Waals surface area contributed by atoms with Gasteiger partial charge in [0.15, 0.2) is 12.1 Å². The largest absolute Gasteiger partial charge is 0.438 e. The van der Waals surface area contributed by atoms with Gasteiger partial charge in [-0.25, -0.2) is 9.37 Å². The van der Waals surface area contributed by atoms with Crippen LogP contribution in [0.5, 0.6) is 11.6 Å². The first-order valence-corrected chi connectivity index (χ1v) is 17.5. The van der Waals surface area contributed by atoms with Crippen molar-refractivity contribution in [3.8, 4) is 11.6 Å². The molecule has 9 nitrogen and oxygen atoms in total. The summed E-state index contributed by atoms with van der Waals surface area (Å²) in [6.45, 7) is 5.71. The Hall–Kier alpha value is -3.80. The topological polar surface area (TPSA) is 105 Å². The zero-order valence-electron chi connectivity index (χ0n) is 27.2. The fraction of sp³-hybridized carbons (Fsp3) is 0.444. The first-order valence-electron chi connectivity index (χ1n) is 16.3. The van der Waals surface area contributed by atoms with Gasteiger partial charge in [0.1, 0.15) is 22.8 Å². The van der Waals surface area contributed by atoms with Gasteiger partial charge in [-0.05, 0) is 87.5 Å². The maximum absolute atomic E-state index is 13.7. The van der Waals surface area contributed by atoms with Crippen LogP contribution >= 0.6 is 11.8 Å². The van der Waals surface area contributed by atoms with Gasteiger partial charge in [-0.2, -0.15) is 5.10 Å². The van der Waals surface area contributed by atoms with Gasteiger partial charge in [-0.1, -0.05) is 31.2 Å². The number of amides is 1. The van der Waals surface area contributed by atoms with Crippen molar-refractivity contribution in [3.63, 3.8) is 0 Å². The predicted octanol–water partition coefficient (Wildman–Crippen LogP) is 7.83. The molecule has 47 heavy (non-hydrogen) atoms. The third-order valence-corrected chi connectivity index (χ3v) is 9.13. The van der Waals surface area contributed by atoms with Crippen molar-refractivity contribution in [2.45, 2.75) is 82.6 Å². The van der Waals surface area contributed by atoms with Gasteiger partial charge in [0.2, 0.25) is 5.88 Å². The van der Waals surface area contributed by atoms with E-state index in [-0.39, 0.29) is 35.5 Å². The summed E-state index contributed by atoms with van der Waals surface area (Å²) in [4.78, 5) is 29.4. The number of pyridine rings is 1. The minimum absolute atomic E-state index is 0.0125. The third-order valence-electron chi connectivity index (χ3n) is 8.41. The molecule has 1 saturated heterocycles. The fourth-order valence-electron chi connectivity index (χ4n) is 5.79. The first kappa shape index (κ1) is 34.5. The summed E-state index contributed by atoms with van der Waals surface area (Å²) in [5, 5.41) is 8.32. The first-order chi connectivity index (χ1) is 22.8. The van der Waals surface area contributed by atoms with E-state index in [2.05, 4.69) is 22.3 Å². The molecule has 0 bridgehead atoms. The minimum Gasteiger partial charge on any atom is -0.438 e. The molecule has 1 aliphatic heterocycles. The number of fused-ring (bicyclic) bond motifs is 1. The van der Waals surface area contributed by atoms with Crippen molar-refractivity contribution in [1.29, 1.82) is 0 Å². The second-order valence-electron chi connectivity index (χ2n) is 12.0. The number of halogens is 1. The van der Waals surface area contributed by atoms with Crippen molar-refractivity contribution in [1.82, 2.24) is 20.1 Å². The van der Waals surface area contributed by atoms with Crippen LogP contribution in [0, 0.1) is 11.7 Å². The molecule has 0 radical (unpaired) electrons. The summed E-state index contributed by atoms with van der Waals surface area (Å²) in [5.74, 6) is 0.469. The van der Waals surface area contributed by atoms with Crippen LogP contribution in [0.2, 0.25) is 0 Å². The highest BCUT2D eigenvalue weighted by molar-refractivity contribution is 7.98. The molecule has 1 aliphatic carbocycles. The fourth-order valence-corrected chi connectivity index (χ4v) is 6.23. The van der Waals surface area contributed by atoms with Gasteiger partial charge in [-0.3, -0.25) is 14.3 Å². The van der Waals surface area contributed by atoms with Crippen LogP contribution in [0.25, 0.3) is 10.9 Å². The van der Waals surface area contributed by atoms with Crippen molar-refractivity contribution >= 4 is 34.4 Å². The predicted molar refractivity (Wildman–Crippen MR) is 181 cm³/mol. The molecule has 2 aliphatic rings. The number of carbonyl (C=O) groups is 2. The molecule has 3 heterocycles. The molecule has 2 aromatic heterocycles. The lowest BCUT2D eigenvalue weighted by atomic mass is 9.87. The zero-order chi connectivity index (χ0) is 33.2. The zero-order valence-corrected chi connectivity index (χ0v) is 28.1. The van der Waals surface area contributed by atoms with Gasteiger partial charge in [0.25, 0.3) is 5.91 Å². The smallest absolute Gasteiger partial charge is 0.257 e. The highest BCUT2D eigenvalue weighted by Gasteiger charge is 2.23. The molecule has 1 N–H and O–H groups in total. The monoisotopic (exact) mass is 662 g/mol. The van der Waals surface area contributed by atoms with Crippen molar-refractivity contribution in [2.24, 2.45) is 5.92 Å². The number of rotatable bonds is 10. The summed E-state index contributed by atoms with van der Waals surface area (Å²) >= 11 is 1.59. The van der Waals surface area contributed by atoms with E-state index < -0.39 is 5.82 Å². The Morgan fingerprint density at radius 1 is 1.06 bits per heavy atom. The van der Waals surface area contributed by atoms with Crippen LogP contribution in [0.15, 0.2) is 65.7 Å². The summed E-state index contributed by atoms with van der Waals surface area (Å²) < 4.78 is 32.6. The van der Waals surface area contributed by atoms with E-state index in [1.54, 1.807) is 24.8 Å². The van der Waals surface area contributed by atoms with Gasteiger partial charge in [-0.15, -0.1) is 11.8 Å². The maximum atomic E-state index is 13.7. The van der Waals surface area contributed by atoms with Crippen LogP contribution in [-0.2, 0) is 16.0 Å². The van der Waals surface area contributed by atoms with E-state index in [9.17, 15) is 14.0 Å². The average molecular weight is 663 g/mol. The molecule has 6 rings (SSSR count). The highest BCUT2D eigenvalue weighted by atomic mass is 32.2. The number of nitrogens with zero attached hydrogens (tertiary/aromatic N) is 3.